The zero-order valence-electron chi connectivity index (χ0n) is 22.3. The van der Waals surface area contributed by atoms with Gasteiger partial charge in [-0.3, -0.25) is 19.3 Å². The second-order valence-corrected chi connectivity index (χ2v) is 9.60. The summed E-state index contributed by atoms with van der Waals surface area (Å²) in [7, 11) is 2.86. The summed E-state index contributed by atoms with van der Waals surface area (Å²) in [4.78, 5) is 42.9. The second-order valence-electron chi connectivity index (χ2n) is 9.60. The molecule has 0 radical (unpaired) electrons. The largest absolute Gasteiger partial charge is 0.502 e. The normalized spacial score (nSPS) is 14.7. The molecular weight excluding hydrogens is 516 g/mol. The standard InChI is InChI=1S/C30H30N2O8/c1-37-20-9-7-19(8-10-20)32-13-11-31(12-14-32)17-21-15-25(33)29(36)30(40-21)23(16-27(34)38-2)24-18-39-26-6-4-3-5-22(26)28(24)35/h3-10,15,18,23,36H,11-14,16-17H2,1-2H3. The molecule has 0 bridgehead atoms. The van der Waals surface area contributed by atoms with E-state index in [0.29, 0.717) is 36.4 Å². The Kier molecular flexibility index (Phi) is 7.88. The predicted molar refractivity (Wildman–Crippen MR) is 148 cm³/mol. The Morgan fingerprint density at radius 2 is 1.75 bits per heavy atom. The van der Waals surface area contributed by atoms with Gasteiger partial charge in [0.1, 0.15) is 17.1 Å². The fourth-order valence-electron chi connectivity index (χ4n) is 4.97. The Morgan fingerprint density at radius 3 is 2.45 bits per heavy atom. The monoisotopic (exact) mass is 546 g/mol. The molecule has 1 saturated heterocycles. The van der Waals surface area contributed by atoms with E-state index in [4.69, 9.17) is 18.3 Å². The Morgan fingerprint density at radius 1 is 1.02 bits per heavy atom. The van der Waals surface area contributed by atoms with Crippen LogP contribution in [0.15, 0.2) is 79.3 Å². The van der Waals surface area contributed by atoms with E-state index in [9.17, 15) is 19.5 Å². The molecule has 3 heterocycles. The molecule has 1 fully saturated rings. The molecule has 10 nitrogen and oxygen atoms in total. The highest BCUT2D eigenvalue weighted by Crippen LogP contribution is 2.33. The highest BCUT2D eigenvalue weighted by atomic mass is 16.5. The fraction of sp³-hybridized carbons (Fsp3) is 0.300. The van der Waals surface area contributed by atoms with E-state index in [0.717, 1.165) is 24.5 Å². The van der Waals surface area contributed by atoms with Crippen LogP contribution in [0.4, 0.5) is 5.69 Å². The van der Waals surface area contributed by atoms with Crippen molar-refractivity contribution in [1.29, 1.82) is 0 Å². The number of hydrogen-bond acceptors (Lipinski definition) is 10. The van der Waals surface area contributed by atoms with Crippen molar-refractivity contribution < 1.29 is 28.2 Å². The Balaban J connectivity index is 1.41. The number of rotatable bonds is 8. The Hall–Kier alpha value is -4.57. The van der Waals surface area contributed by atoms with E-state index in [-0.39, 0.29) is 17.7 Å². The van der Waals surface area contributed by atoms with Crippen LogP contribution < -0.4 is 20.5 Å². The smallest absolute Gasteiger partial charge is 0.306 e. The summed E-state index contributed by atoms with van der Waals surface area (Å²) in [6.45, 7) is 3.28. The van der Waals surface area contributed by atoms with Gasteiger partial charge >= 0.3 is 5.97 Å². The van der Waals surface area contributed by atoms with Crippen molar-refractivity contribution in [3.05, 3.63) is 98.4 Å². The van der Waals surface area contributed by atoms with Gasteiger partial charge in [-0.25, -0.2) is 0 Å². The van der Waals surface area contributed by atoms with E-state index in [1.165, 1.54) is 19.4 Å². The fourth-order valence-corrected chi connectivity index (χ4v) is 4.97. The third kappa shape index (κ3) is 5.57. The molecule has 40 heavy (non-hydrogen) atoms. The van der Waals surface area contributed by atoms with Crippen LogP contribution in [-0.2, 0) is 16.1 Å². The number of ether oxygens (including phenoxy) is 2. The van der Waals surface area contributed by atoms with Crippen molar-refractivity contribution in [1.82, 2.24) is 4.90 Å². The van der Waals surface area contributed by atoms with Crippen molar-refractivity contribution in [3.63, 3.8) is 0 Å². The molecule has 208 valence electrons. The lowest BCUT2D eigenvalue weighted by Gasteiger charge is -2.36. The SMILES string of the molecule is COC(=O)CC(c1oc(CN2CCN(c3ccc(OC)cc3)CC2)cc(=O)c1O)c1coc2ccccc2c1=O. The summed E-state index contributed by atoms with van der Waals surface area (Å²) in [6, 6.07) is 15.8. The van der Waals surface area contributed by atoms with E-state index >= 15 is 0 Å². The number of methoxy groups -OCH3 is 2. The summed E-state index contributed by atoms with van der Waals surface area (Å²) in [5.41, 5.74) is 0.499. The number of para-hydroxylation sites is 1. The third-order valence-electron chi connectivity index (χ3n) is 7.19. The molecular formula is C30H30N2O8. The van der Waals surface area contributed by atoms with E-state index in [2.05, 4.69) is 9.80 Å². The lowest BCUT2D eigenvalue weighted by Crippen LogP contribution is -2.46. The van der Waals surface area contributed by atoms with Gasteiger partial charge < -0.3 is 28.3 Å². The molecule has 1 aliphatic heterocycles. The molecule has 0 saturated carbocycles. The Labute approximate surface area is 230 Å². The molecule has 1 N–H and O–H groups in total. The van der Waals surface area contributed by atoms with Gasteiger partial charge in [0.05, 0.1) is 44.8 Å². The molecule has 10 heteroatoms. The lowest BCUT2D eigenvalue weighted by atomic mass is 9.92. The van der Waals surface area contributed by atoms with Gasteiger partial charge in [0.15, 0.2) is 11.2 Å². The number of hydrogen-bond donors (Lipinski definition) is 1. The molecule has 0 spiro atoms. The van der Waals surface area contributed by atoms with Crippen molar-refractivity contribution in [3.8, 4) is 11.5 Å². The molecule has 5 rings (SSSR count). The average Bonchev–Trinajstić information content (AvgIpc) is 2.98. The van der Waals surface area contributed by atoms with Crippen molar-refractivity contribution in [2.75, 3.05) is 45.3 Å². The lowest BCUT2D eigenvalue weighted by molar-refractivity contribution is -0.140. The first kappa shape index (κ1) is 27.0. The Bertz CT molecular complexity index is 1620. The number of carbonyl (C=O) groups excluding carboxylic acids is 1. The first-order valence-electron chi connectivity index (χ1n) is 12.9. The van der Waals surface area contributed by atoms with Gasteiger partial charge in [0.25, 0.3) is 0 Å². The minimum atomic E-state index is -1.09. The third-order valence-corrected chi connectivity index (χ3v) is 7.19. The molecule has 1 unspecified atom stereocenters. The molecule has 2 aromatic carbocycles. The van der Waals surface area contributed by atoms with Gasteiger partial charge in [0, 0.05) is 43.5 Å². The number of carbonyl (C=O) groups is 1. The number of fused-ring (bicyclic) bond motifs is 1. The summed E-state index contributed by atoms with van der Waals surface area (Å²) in [6.07, 6.45) is 0.906. The van der Waals surface area contributed by atoms with Gasteiger partial charge in [-0.1, -0.05) is 12.1 Å². The topological polar surface area (TPSA) is 123 Å². The average molecular weight is 547 g/mol. The van der Waals surface area contributed by atoms with Crippen LogP contribution in [0, 0.1) is 0 Å². The summed E-state index contributed by atoms with van der Waals surface area (Å²) < 4.78 is 21.8. The number of aromatic hydroxyl groups is 1. The molecule has 0 amide bonds. The van der Waals surface area contributed by atoms with Gasteiger partial charge in [-0.15, -0.1) is 0 Å². The zero-order valence-corrected chi connectivity index (χ0v) is 22.3. The highest BCUT2D eigenvalue weighted by molar-refractivity contribution is 5.77. The number of benzene rings is 2. The van der Waals surface area contributed by atoms with E-state index < -0.39 is 28.5 Å². The summed E-state index contributed by atoms with van der Waals surface area (Å²) >= 11 is 0. The predicted octanol–water partition coefficient (Wildman–Crippen LogP) is 3.48. The summed E-state index contributed by atoms with van der Waals surface area (Å²) in [5.74, 6) is -1.45. The van der Waals surface area contributed by atoms with Crippen LogP contribution in [0.3, 0.4) is 0 Å². The number of piperazine rings is 1. The van der Waals surface area contributed by atoms with Crippen molar-refractivity contribution >= 4 is 22.6 Å². The number of anilines is 1. The molecule has 1 atom stereocenters. The highest BCUT2D eigenvalue weighted by Gasteiger charge is 2.30. The van der Waals surface area contributed by atoms with Crippen LogP contribution in [0.25, 0.3) is 11.0 Å². The molecule has 4 aromatic rings. The minimum Gasteiger partial charge on any atom is -0.502 e. The molecule has 1 aliphatic rings. The van der Waals surface area contributed by atoms with Crippen molar-refractivity contribution in [2.45, 2.75) is 18.9 Å². The van der Waals surface area contributed by atoms with Crippen LogP contribution in [0.1, 0.15) is 29.4 Å². The van der Waals surface area contributed by atoms with E-state index in [1.807, 2.05) is 24.3 Å². The quantitative estimate of drug-likeness (QED) is 0.329. The van der Waals surface area contributed by atoms with Crippen LogP contribution in [-0.4, -0.2) is 56.4 Å². The molecule has 2 aromatic heterocycles. The van der Waals surface area contributed by atoms with Crippen LogP contribution >= 0.6 is 0 Å². The number of nitrogens with zero attached hydrogens (tertiary/aromatic N) is 2. The second kappa shape index (κ2) is 11.7. The number of esters is 1. The van der Waals surface area contributed by atoms with Crippen LogP contribution in [0.2, 0.25) is 0 Å². The first-order chi connectivity index (χ1) is 19.4. The molecule has 0 aliphatic carbocycles. The van der Waals surface area contributed by atoms with Crippen molar-refractivity contribution in [2.24, 2.45) is 0 Å². The zero-order chi connectivity index (χ0) is 28.2. The first-order valence-corrected chi connectivity index (χ1v) is 12.9. The maximum absolute atomic E-state index is 13.4. The summed E-state index contributed by atoms with van der Waals surface area (Å²) in [5, 5.41) is 11.0. The van der Waals surface area contributed by atoms with E-state index in [1.54, 1.807) is 31.4 Å². The minimum absolute atomic E-state index is 0.0767. The van der Waals surface area contributed by atoms with Crippen LogP contribution in [0.5, 0.6) is 11.5 Å². The van der Waals surface area contributed by atoms with Gasteiger partial charge in [-0.05, 0) is 36.4 Å². The maximum Gasteiger partial charge on any atom is 0.306 e. The maximum atomic E-state index is 13.4. The van der Waals surface area contributed by atoms with Gasteiger partial charge in [0.2, 0.25) is 11.2 Å². The van der Waals surface area contributed by atoms with Gasteiger partial charge in [-0.2, -0.15) is 0 Å².